The number of hydrogen-bond donors (Lipinski definition) is 0. The van der Waals surface area contributed by atoms with Crippen LogP contribution in [-0.4, -0.2) is 39.3 Å². The monoisotopic (exact) mass is 574 g/mol. The molecule has 1 unspecified atom stereocenters. The molecule has 0 saturated carbocycles. The molecule has 0 bridgehead atoms. The number of sulfone groups is 2. The van der Waals surface area contributed by atoms with E-state index in [9.17, 15) is 16.8 Å². The molecule has 0 radical (unpaired) electrons. The number of nitrogens with zero attached hydrogens (tertiary/aromatic N) is 2. The van der Waals surface area contributed by atoms with Gasteiger partial charge in [-0.25, -0.2) is 21.8 Å². The van der Waals surface area contributed by atoms with Crippen molar-refractivity contribution in [1.82, 2.24) is 9.97 Å². The van der Waals surface area contributed by atoms with Crippen molar-refractivity contribution in [2.24, 2.45) is 0 Å². The third-order valence-electron chi connectivity index (χ3n) is 6.64. The Morgan fingerprint density at radius 2 is 1.62 bits per heavy atom. The first-order chi connectivity index (χ1) is 18.5. The molecule has 0 saturated heterocycles. The molecule has 198 valence electrons. The standard InChI is InChI=1S/C30H26N2O4S3/c1-20(38(2,33)34)25-17-24-8-5-13-32-30(24)28(18-25)23-7-4-6-22(16-23)27(19-29-31-14-15-37-29)21-9-11-26(12-10-21)39(3,35)36/h4-20H,1-3H3/b27-19+. The van der Waals surface area contributed by atoms with Crippen LogP contribution in [0.15, 0.2) is 95.5 Å². The lowest BCUT2D eigenvalue weighted by Gasteiger charge is -2.16. The SMILES string of the molecule is CC(c1cc(-c2cccc(/C(=C/c3nccs3)c3ccc(S(C)(=O)=O)cc3)c2)c2ncccc2c1)S(C)(=O)=O. The smallest absolute Gasteiger partial charge is 0.175 e. The Kier molecular flexibility index (Phi) is 7.24. The fourth-order valence-corrected chi connectivity index (χ4v) is 6.25. The van der Waals surface area contributed by atoms with Crippen molar-refractivity contribution in [2.75, 3.05) is 12.5 Å². The zero-order valence-corrected chi connectivity index (χ0v) is 24.0. The Morgan fingerprint density at radius 3 is 2.28 bits per heavy atom. The zero-order valence-electron chi connectivity index (χ0n) is 21.6. The summed E-state index contributed by atoms with van der Waals surface area (Å²) in [7, 11) is -6.63. The van der Waals surface area contributed by atoms with Crippen LogP contribution in [0, 0.1) is 0 Å². The minimum Gasteiger partial charge on any atom is -0.256 e. The van der Waals surface area contributed by atoms with Crippen LogP contribution in [0.4, 0.5) is 0 Å². The average molecular weight is 575 g/mol. The number of fused-ring (bicyclic) bond motifs is 1. The lowest BCUT2D eigenvalue weighted by molar-refractivity contribution is 0.592. The molecule has 6 nitrogen and oxygen atoms in total. The van der Waals surface area contributed by atoms with E-state index in [1.807, 2.05) is 60.0 Å². The molecule has 5 aromatic rings. The molecular formula is C30H26N2O4S3. The second-order valence-corrected chi connectivity index (χ2v) is 14.7. The van der Waals surface area contributed by atoms with Gasteiger partial charge >= 0.3 is 0 Å². The first kappa shape index (κ1) is 26.9. The topological polar surface area (TPSA) is 94.1 Å². The normalized spacial score (nSPS) is 13.5. The highest BCUT2D eigenvalue weighted by molar-refractivity contribution is 7.91. The molecule has 0 amide bonds. The number of rotatable bonds is 7. The molecule has 9 heteroatoms. The van der Waals surface area contributed by atoms with Crippen LogP contribution in [-0.2, 0) is 19.7 Å². The van der Waals surface area contributed by atoms with Crippen LogP contribution in [0.5, 0.6) is 0 Å². The summed E-state index contributed by atoms with van der Waals surface area (Å²) in [5.41, 5.74) is 5.83. The van der Waals surface area contributed by atoms with Crippen molar-refractivity contribution in [2.45, 2.75) is 17.1 Å². The summed E-state index contributed by atoms with van der Waals surface area (Å²) in [4.78, 5) is 9.29. The molecule has 0 N–H and O–H groups in total. The summed E-state index contributed by atoms with van der Waals surface area (Å²) < 4.78 is 48.8. The van der Waals surface area contributed by atoms with Gasteiger partial charge in [-0.1, -0.05) is 36.4 Å². The van der Waals surface area contributed by atoms with Crippen molar-refractivity contribution < 1.29 is 16.8 Å². The Hall–Kier alpha value is -3.66. The molecule has 2 heterocycles. The summed E-state index contributed by atoms with van der Waals surface area (Å²) in [5, 5.41) is 2.91. The van der Waals surface area contributed by atoms with Gasteiger partial charge in [0.15, 0.2) is 19.7 Å². The van der Waals surface area contributed by atoms with Crippen molar-refractivity contribution in [1.29, 1.82) is 0 Å². The zero-order chi connectivity index (χ0) is 27.8. The van der Waals surface area contributed by atoms with E-state index in [0.29, 0.717) is 5.56 Å². The maximum absolute atomic E-state index is 12.4. The summed E-state index contributed by atoms with van der Waals surface area (Å²) in [6.45, 7) is 1.70. The van der Waals surface area contributed by atoms with Crippen LogP contribution in [0.25, 0.3) is 33.7 Å². The van der Waals surface area contributed by atoms with E-state index in [0.717, 1.165) is 43.7 Å². The van der Waals surface area contributed by atoms with Gasteiger partial charge in [-0.3, -0.25) is 4.98 Å². The van der Waals surface area contributed by atoms with Crippen LogP contribution >= 0.6 is 11.3 Å². The van der Waals surface area contributed by atoms with E-state index in [-0.39, 0.29) is 4.90 Å². The highest BCUT2D eigenvalue weighted by Crippen LogP contribution is 2.36. The van der Waals surface area contributed by atoms with E-state index in [2.05, 4.69) is 9.97 Å². The number of hydrogen-bond acceptors (Lipinski definition) is 7. The van der Waals surface area contributed by atoms with E-state index >= 15 is 0 Å². The van der Waals surface area contributed by atoms with Gasteiger partial charge in [0.2, 0.25) is 0 Å². The van der Waals surface area contributed by atoms with Gasteiger partial charge in [0.1, 0.15) is 5.01 Å². The van der Waals surface area contributed by atoms with E-state index in [1.54, 1.807) is 43.6 Å². The second-order valence-electron chi connectivity index (χ2n) is 9.42. The highest BCUT2D eigenvalue weighted by atomic mass is 32.2. The maximum atomic E-state index is 12.4. The lowest BCUT2D eigenvalue weighted by Crippen LogP contribution is -2.08. The van der Waals surface area contributed by atoms with Gasteiger partial charge in [-0.15, -0.1) is 11.3 Å². The van der Waals surface area contributed by atoms with Crippen LogP contribution in [0.2, 0.25) is 0 Å². The molecule has 0 aliphatic carbocycles. The quantitative estimate of drug-likeness (QED) is 0.222. The lowest BCUT2D eigenvalue weighted by atomic mass is 9.92. The largest absolute Gasteiger partial charge is 0.256 e. The predicted octanol–water partition coefficient (Wildman–Crippen LogP) is 6.46. The fraction of sp³-hybridized carbons (Fsp3) is 0.133. The van der Waals surface area contributed by atoms with Gasteiger partial charge in [0, 0.05) is 41.2 Å². The molecule has 2 aromatic heterocycles. The van der Waals surface area contributed by atoms with Gasteiger partial charge in [-0.2, -0.15) is 0 Å². The van der Waals surface area contributed by atoms with Gasteiger partial charge in [-0.05, 0) is 77.2 Å². The average Bonchev–Trinajstić information content (AvgIpc) is 3.43. The Bertz CT molecular complexity index is 1910. The Morgan fingerprint density at radius 1 is 0.846 bits per heavy atom. The van der Waals surface area contributed by atoms with Crippen molar-refractivity contribution >= 4 is 53.6 Å². The summed E-state index contributed by atoms with van der Waals surface area (Å²) in [6.07, 6.45) is 7.89. The van der Waals surface area contributed by atoms with Crippen molar-refractivity contribution in [3.05, 3.63) is 112 Å². The number of benzene rings is 3. The molecule has 5 rings (SSSR count). The molecular weight excluding hydrogens is 549 g/mol. The third-order valence-corrected chi connectivity index (χ3v) is 10.0. The van der Waals surface area contributed by atoms with Crippen LogP contribution < -0.4 is 0 Å². The number of thiazole rings is 1. The van der Waals surface area contributed by atoms with E-state index < -0.39 is 24.9 Å². The van der Waals surface area contributed by atoms with E-state index in [4.69, 9.17) is 0 Å². The molecule has 1 atom stereocenters. The van der Waals surface area contributed by atoms with E-state index in [1.165, 1.54) is 23.8 Å². The van der Waals surface area contributed by atoms with Crippen molar-refractivity contribution in [3.8, 4) is 11.1 Å². The molecule has 3 aromatic carbocycles. The predicted molar refractivity (Wildman–Crippen MR) is 159 cm³/mol. The minimum absolute atomic E-state index is 0.253. The summed E-state index contributed by atoms with van der Waals surface area (Å²) in [6, 6.07) is 22.4. The van der Waals surface area contributed by atoms with Gasteiger partial charge < -0.3 is 0 Å². The molecule has 39 heavy (non-hydrogen) atoms. The Labute approximate surface area is 232 Å². The van der Waals surface area contributed by atoms with Gasteiger partial charge in [0.25, 0.3) is 0 Å². The number of aromatic nitrogens is 2. The molecule has 0 aliphatic heterocycles. The maximum Gasteiger partial charge on any atom is 0.175 e. The van der Waals surface area contributed by atoms with Gasteiger partial charge in [0.05, 0.1) is 15.7 Å². The highest BCUT2D eigenvalue weighted by Gasteiger charge is 2.20. The van der Waals surface area contributed by atoms with Crippen LogP contribution in [0.3, 0.4) is 0 Å². The molecule has 0 fully saturated rings. The first-order valence-corrected chi connectivity index (χ1v) is 16.8. The fourth-order valence-electron chi connectivity index (χ4n) is 4.42. The Balaban J connectivity index is 1.69. The molecule has 0 aliphatic rings. The number of pyridine rings is 1. The van der Waals surface area contributed by atoms with Crippen molar-refractivity contribution in [3.63, 3.8) is 0 Å². The first-order valence-electron chi connectivity index (χ1n) is 12.1. The second kappa shape index (κ2) is 10.5. The summed E-state index contributed by atoms with van der Waals surface area (Å²) in [5.74, 6) is 0. The molecule has 0 spiro atoms. The third kappa shape index (κ3) is 5.85. The minimum atomic E-state index is -3.32. The summed E-state index contributed by atoms with van der Waals surface area (Å²) >= 11 is 1.51. The van der Waals surface area contributed by atoms with Crippen LogP contribution in [0.1, 0.15) is 33.9 Å².